The summed E-state index contributed by atoms with van der Waals surface area (Å²) in [7, 11) is 0. The highest BCUT2D eigenvalue weighted by molar-refractivity contribution is 5.98. The molecule has 4 rings (SSSR count). The maximum absolute atomic E-state index is 13.0. The Labute approximate surface area is 173 Å². The van der Waals surface area contributed by atoms with E-state index in [-0.39, 0.29) is 24.2 Å². The van der Waals surface area contributed by atoms with Crippen LogP contribution in [0.4, 0.5) is 0 Å². The maximum atomic E-state index is 13.0. The normalized spacial score (nSPS) is 19.3. The van der Waals surface area contributed by atoms with E-state index in [0.29, 0.717) is 6.42 Å². The molecule has 0 aromatic heterocycles. The van der Waals surface area contributed by atoms with Crippen molar-refractivity contribution in [3.63, 3.8) is 0 Å². The van der Waals surface area contributed by atoms with Gasteiger partial charge in [0.2, 0.25) is 5.91 Å². The van der Waals surface area contributed by atoms with Crippen LogP contribution in [0, 0.1) is 0 Å². The summed E-state index contributed by atoms with van der Waals surface area (Å²) in [6.07, 6.45) is 5.74. The van der Waals surface area contributed by atoms with Gasteiger partial charge in [-0.1, -0.05) is 42.5 Å². The van der Waals surface area contributed by atoms with Crippen molar-refractivity contribution >= 4 is 11.7 Å². The number of amides is 1. The summed E-state index contributed by atoms with van der Waals surface area (Å²) < 4.78 is 0. The quantitative estimate of drug-likeness (QED) is 0.782. The van der Waals surface area contributed by atoms with Gasteiger partial charge in [-0.2, -0.15) is 0 Å². The third-order valence-corrected chi connectivity index (χ3v) is 6.24. The molecule has 2 heterocycles. The van der Waals surface area contributed by atoms with Crippen molar-refractivity contribution in [1.29, 1.82) is 0 Å². The third-order valence-electron chi connectivity index (χ3n) is 6.24. The summed E-state index contributed by atoms with van der Waals surface area (Å²) in [4.78, 5) is 27.7. The monoisotopic (exact) mass is 390 g/mol. The molecule has 1 fully saturated rings. The van der Waals surface area contributed by atoms with Gasteiger partial charge in [0.05, 0.1) is 6.04 Å². The molecule has 2 aromatic carbocycles. The number of nitrogens with one attached hydrogen (secondary N) is 1. The molecular weight excluding hydrogens is 360 g/mol. The van der Waals surface area contributed by atoms with Crippen LogP contribution in [0.15, 0.2) is 48.5 Å². The number of fused-ring (bicyclic) bond motifs is 1. The molecule has 2 aliphatic rings. The van der Waals surface area contributed by atoms with Gasteiger partial charge in [0, 0.05) is 24.9 Å². The van der Waals surface area contributed by atoms with Gasteiger partial charge < -0.3 is 10.2 Å². The Hall–Kier alpha value is -2.46. The fourth-order valence-corrected chi connectivity index (χ4v) is 4.61. The Bertz CT molecular complexity index is 862. The number of hydrogen-bond acceptors (Lipinski definition) is 3. The van der Waals surface area contributed by atoms with Crippen LogP contribution in [0.25, 0.3) is 0 Å². The summed E-state index contributed by atoms with van der Waals surface area (Å²) in [5, 5.41) is 3.40. The van der Waals surface area contributed by atoms with Gasteiger partial charge in [-0.25, -0.2) is 0 Å². The fourth-order valence-electron chi connectivity index (χ4n) is 4.61. The van der Waals surface area contributed by atoms with Crippen molar-refractivity contribution in [1.82, 2.24) is 10.2 Å². The molecule has 0 aliphatic carbocycles. The first-order chi connectivity index (χ1) is 14.2. The van der Waals surface area contributed by atoms with Crippen molar-refractivity contribution in [2.75, 3.05) is 19.6 Å². The van der Waals surface area contributed by atoms with Crippen LogP contribution in [-0.4, -0.2) is 36.2 Å². The SMILES string of the molecule is O=C(CCC(=O)N1CCCCC1c1ccccc1)c1ccc2c(c1)CCNCC2. The van der Waals surface area contributed by atoms with Gasteiger partial charge in [-0.05, 0) is 68.0 Å². The van der Waals surface area contributed by atoms with Crippen LogP contribution in [0.2, 0.25) is 0 Å². The van der Waals surface area contributed by atoms with Crippen LogP contribution in [0.3, 0.4) is 0 Å². The Kier molecular flexibility index (Phi) is 6.40. The molecule has 1 atom stereocenters. The lowest BCUT2D eigenvalue weighted by Gasteiger charge is -2.36. The molecule has 0 saturated carbocycles. The van der Waals surface area contributed by atoms with E-state index in [4.69, 9.17) is 0 Å². The molecule has 1 N–H and O–H groups in total. The number of nitrogens with zero attached hydrogens (tertiary/aromatic N) is 1. The Morgan fingerprint density at radius 2 is 1.72 bits per heavy atom. The van der Waals surface area contributed by atoms with Crippen molar-refractivity contribution < 1.29 is 9.59 Å². The van der Waals surface area contributed by atoms with Crippen molar-refractivity contribution in [3.8, 4) is 0 Å². The molecule has 4 heteroatoms. The number of piperidine rings is 1. The molecule has 0 radical (unpaired) electrons. The zero-order valence-electron chi connectivity index (χ0n) is 17.0. The van der Waals surface area contributed by atoms with Crippen LogP contribution >= 0.6 is 0 Å². The predicted molar refractivity (Wildman–Crippen MR) is 115 cm³/mol. The predicted octanol–water partition coefficient (Wildman–Crippen LogP) is 4.09. The Morgan fingerprint density at radius 3 is 2.55 bits per heavy atom. The first kappa shape index (κ1) is 19.8. The molecule has 1 saturated heterocycles. The molecule has 2 aromatic rings. The van der Waals surface area contributed by atoms with E-state index in [0.717, 1.165) is 57.3 Å². The first-order valence-electron chi connectivity index (χ1n) is 10.9. The van der Waals surface area contributed by atoms with E-state index in [2.05, 4.69) is 23.5 Å². The summed E-state index contributed by atoms with van der Waals surface area (Å²) in [6, 6.07) is 16.5. The number of carbonyl (C=O) groups excluding carboxylic acids is 2. The molecule has 1 amide bonds. The number of likely N-dealkylation sites (tertiary alicyclic amines) is 1. The molecule has 4 nitrogen and oxygen atoms in total. The highest BCUT2D eigenvalue weighted by Crippen LogP contribution is 2.31. The molecule has 1 unspecified atom stereocenters. The van der Waals surface area contributed by atoms with Gasteiger partial charge in [0.15, 0.2) is 5.78 Å². The van der Waals surface area contributed by atoms with Crippen LogP contribution in [0.5, 0.6) is 0 Å². The summed E-state index contributed by atoms with van der Waals surface area (Å²) in [5.74, 6) is 0.178. The lowest BCUT2D eigenvalue weighted by Crippen LogP contribution is -2.38. The van der Waals surface area contributed by atoms with E-state index in [9.17, 15) is 9.59 Å². The van der Waals surface area contributed by atoms with Crippen molar-refractivity contribution in [2.24, 2.45) is 0 Å². The van der Waals surface area contributed by atoms with E-state index >= 15 is 0 Å². The smallest absolute Gasteiger partial charge is 0.223 e. The average Bonchev–Trinajstić information content (AvgIpc) is 3.02. The minimum absolute atomic E-state index is 0.0756. The largest absolute Gasteiger partial charge is 0.336 e. The lowest BCUT2D eigenvalue weighted by atomic mass is 9.94. The maximum Gasteiger partial charge on any atom is 0.223 e. The van der Waals surface area contributed by atoms with Crippen molar-refractivity contribution in [3.05, 3.63) is 70.8 Å². The topological polar surface area (TPSA) is 49.4 Å². The second-order valence-electron chi connectivity index (χ2n) is 8.17. The average molecular weight is 391 g/mol. The zero-order chi connectivity index (χ0) is 20.1. The number of rotatable bonds is 5. The summed E-state index contributed by atoms with van der Waals surface area (Å²) in [5.41, 5.74) is 4.55. The minimum Gasteiger partial charge on any atom is -0.336 e. The summed E-state index contributed by atoms with van der Waals surface area (Å²) in [6.45, 7) is 2.74. The second-order valence-corrected chi connectivity index (χ2v) is 8.17. The first-order valence-corrected chi connectivity index (χ1v) is 10.9. The second kappa shape index (κ2) is 9.36. The summed E-state index contributed by atoms with van der Waals surface area (Å²) >= 11 is 0. The molecular formula is C25H30N2O2. The highest BCUT2D eigenvalue weighted by Gasteiger charge is 2.28. The number of hydrogen-bond donors (Lipinski definition) is 1. The Balaban J connectivity index is 1.39. The van der Waals surface area contributed by atoms with E-state index < -0.39 is 0 Å². The fraction of sp³-hybridized carbons (Fsp3) is 0.440. The van der Waals surface area contributed by atoms with Crippen LogP contribution < -0.4 is 5.32 Å². The standard InChI is InChI=1S/C25H30N2O2/c28-24(22-10-9-19-13-15-26-16-14-21(19)18-22)11-12-25(29)27-17-5-4-8-23(27)20-6-2-1-3-7-20/h1-3,6-7,9-10,18,23,26H,4-5,8,11-17H2. The van der Waals surface area contributed by atoms with Crippen LogP contribution in [0.1, 0.15) is 65.2 Å². The van der Waals surface area contributed by atoms with Crippen molar-refractivity contribution in [2.45, 2.75) is 51.0 Å². The number of carbonyl (C=O) groups is 2. The van der Waals surface area contributed by atoms with Gasteiger partial charge in [0.25, 0.3) is 0 Å². The van der Waals surface area contributed by atoms with Gasteiger partial charge >= 0.3 is 0 Å². The molecule has 0 spiro atoms. The Morgan fingerprint density at radius 1 is 0.931 bits per heavy atom. The van der Waals surface area contributed by atoms with E-state index in [1.165, 1.54) is 16.7 Å². The number of benzene rings is 2. The molecule has 2 aliphatic heterocycles. The van der Waals surface area contributed by atoms with Gasteiger partial charge in [-0.15, -0.1) is 0 Å². The van der Waals surface area contributed by atoms with E-state index in [1.807, 2.05) is 35.2 Å². The number of ketones is 1. The minimum atomic E-state index is 0.0756. The molecule has 152 valence electrons. The highest BCUT2D eigenvalue weighted by atomic mass is 16.2. The third kappa shape index (κ3) is 4.76. The molecule has 29 heavy (non-hydrogen) atoms. The van der Waals surface area contributed by atoms with E-state index in [1.54, 1.807) is 0 Å². The van der Waals surface area contributed by atoms with Crippen LogP contribution in [-0.2, 0) is 17.6 Å². The zero-order valence-corrected chi connectivity index (χ0v) is 17.0. The lowest BCUT2D eigenvalue weighted by molar-refractivity contribution is -0.135. The van der Waals surface area contributed by atoms with Gasteiger partial charge in [0.1, 0.15) is 0 Å². The van der Waals surface area contributed by atoms with Gasteiger partial charge in [-0.3, -0.25) is 9.59 Å². The molecule has 0 bridgehead atoms. The number of Topliss-reactive ketones (excluding diaryl/α,β-unsaturated/α-hetero) is 1.